The fourth-order valence-electron chi connectivity index (χ4n) is 2.37. The van der Waals surface area contributed by atoms with E-state index in [1.807, 2.05) is 47.2 Å². The average molecular weight is 330 g/mol. The molecular formula is C17H18N2O3S. The van der Waals surface area contributed by atoms with Gasteiger partial charge in [0.15, 0.2) is 0 Å². The molecule has 1 amide bonds. The van der Waals surface area contributed by atoms with Crippen LogP contribution in [-0.2, 0) is 15.2 Å². The van der Waals surface area contributed by atoms with Gasteiger partial charge in [0.2, 0.25) is 6.10 Å². The van der Waals surface area contributed by atoms with Crippen molar-refractivity contribution in [3.8, 4) is 0 Å². The summed E-state index contributed by atoms with van der Waals surface area (Å²) < 4.78 is 0. The number of carbonyl (C=O) groups is 1. The smallest absolute Gasteiger partial charge is 0.264 e. The fraction of sp³-hybridized carbons (Fsp3) is 0.294. The van der Waals surface area contributed by atoms with Gasteiger partial charge in [-0.05, 0) is 34.9 Å². The maximum absolute atomic E-state index is 12.2. The minimum atomic E-state index is -1.10. The molecule has 0 spiro atoms. The summed E-state index contributed by atoms with van der Waals surface area (Å²) in [6, 6.07) is 11.5. The van der Waals surface area contributed by atoms with Crippen LogP contribution in [0.2, 0.25) is 0 Å². The van der Waals surface area contributed by atoms with E-state index < -0.39 is 11.7 Å². The van der Waals surface area contributed by atoms with Crippen molar-refractivity contribution < 1.29 is 14.7 Å². The number of amides is 1. The molecule has 2 heterocycles. The minimum absolute atomic E-state index is 0.128. The SMILES string of the molecule is C[C@@](O)(CNC(=O)[C@@H]1CC(c2ccccc2)=NO1)c1ccsc1. The van der Waals surface area contributed by atoms with E-state index in [1.54, 1.807) is 6.92 Å². The van der Waals surface area contributed by atoms with Gasteiger partial charge in [-0.25, -0.2) is 0 Å². The van der Waals surface area contributed by atoms with Crippen molar-refractivity contribution in [2.75, 3.05) is 6.54 Å². The molecule has 0 radical (unpaired) electrons. The zero-order valence-corrected chi connectivity index (χ0v) is 13.5. The van der Waals surface area contributed by atoms with Gasteiger partial charge in [-0.1, -0.05) is 35.5 Å². The summed E-state index contributed by atoms with van der Waals surface area (Å²) in [6.45, 7) is 1.81. The Kier molecular flexibility index (Phi) is 4.45. The van der Waals surface area contributed by atoms with Crippen molar-refractivity contribution >= 4 is 23.0 Å². The number of benzene rings is 1. The lowest BCUT2D eigenvalue weighted by Crippen LogP contribution is -2.42. The minimum Gasteiger partial charge on any atom is -0.384 e. The standard InChI is InChI=1S/C17H18N2O3S/c1-17(21,13-7-8-23-10-13)11-18-16(20)15-9-14(19-22-15)12-5-3-2-4-6-12/h2-8,10,15,21H,9,11H2,1H3,(H,18,20)/t15-,17+/m0/s1. The van der Waals surface area contributed by atoms with Gasteiger partial charge < -0.3 is 15.3 Å². The second-order valence-electron chi connectivity index (χ2n) is 5.71. The van der Waals surface area contributed by atoms with Crippen LogP contribution in [0.3, 0.4) is 0 Å². The van der Waals surface area contributed by atoms with Crippen LogP contribution >= 0.6 is 11.3 Å². The lowest BCUT2D eigenvalue weighted by molar-refractivity contribution is -0.132. The van der Waals surface area contributed by atoms with Gasteiger partial charge >= 0.3 is 0 Å². The molecule has 0 fully saturated rings. The number of hydrogen-bond donors (Lipinski definition) is 2. The molecule has 0 unspecified atom stereocenters. The molecule has 1 aromatic heterocycles. The van der Waals surface area contributed by atoms with E-state index in [-0.39, 0.29) is 12.5 Å². The molecule has 1 aliphatic rings. The van der Waals surface area contributed by atoms with E-state index in [1.165, 1.54) is 11.3 Å². The number of hydrogen-bond acceptors (Lipinski definition) is 5. The maximum Gasteiger partial charge on any atom is 0.264 e. The molecule has 2 aromatic rings. The van der Waals surface area contributed by atoms with Crippen LogP contribution in [0.5, 0.6) is 0 Å². The van der Waals surface area contributed by atoms with Crippen molar-refractivity contribution in [1.82, 2.24) is 5.32 Å². The monoisotopic (exact) mass is 330 g/mol. The molecule has 6 heteroatoms. The van der Waals surface area contributed by atoms with Crippen LogP contribution in [0.25, 0.3) is 0 Å². The topological polar surface area (TPSA) is 70.9 Å². The number of carbonyl (C=O) groups excluding carboxylic acids is 1. The normalized spacial score (nSPS) is 19.6. The molecule has 23 heavy (non-hydrogen) atoms. The van der Waals surface area contributed by atoms with Crippen LogP contribution in [0.4, 0.5) is 0 Å². The van der Waals surface area contributed by atoms with Crippen LogP contribution in [0.1, 0.15) is 24.5 Å². The molecule has 0 saturated carbocycles. The first-order valence-electron chi connectivity index (χ1n) is 7.37. The molecule has 2 N–H and O–H groups in total. The highest BCUT2D eigenvalue weighted by Crippen LogP contribution is 2.22. The third-order valence-corrected chi connectivity index (χ3v) is 4.50. The Bertz CT molecular complexity index is 696. The zero-order valence-electron chi connectivity index (χ0n) is 12.7. The Morgan fingerprint density at radius 3 is 2.91 bits per heavy atom. The lowest BCUT2D eigenvalue weighted by atomic mass is 9.99. The Balaban J connectivity index is 1.55. The zero-order chi connectivity index (χ0) is 16.3. The molecule has 1 aromatic carbocycles. The predicted octanol–water partition coefficient (Wildman–Crippen LogP) is 2.26. The highest BCUT2D eigenvalue weighted by molar-refractivity contribution is 7.08. The van der Waals surface area contributed by atoms with Crippen molar-refractivity contribution in [1.29, 1.82) is 0 Å². The number of rotatable bonds is 5. The van der Waals surface area contributed by atoms with Crippen LogP contribution < -0.4 is 5.32 Å². The number of oxime groups is 1. The number of nitrogens with one attached hydrogen (secondary N) is 1. The molecule has 0 aliphatic carbocycles. The first kappa shape index (κ1) is 15.7. The summed E-state index contributed by atoms with van der Waals surface area (Å²) in [4.78, 5) is 17.5. The summed E-state index contributed by atoms with van der Waals surface area (Å²) in [7, 11) is 0. The van der Waals surface area contributed by atoms with E-state index in [9.17, 15) is 9.90 Å². The Labute approximate surface area is 138 Å². The fourth-order valence-corrected chi connectivity index (χ4v) is 3.15. The van der Waals surface area contributed by atoms with Crippen LogP contribution in [-0.4, -0.2) is 29.4 Å². The van der Waals surface area contributed by atoms with Gasteiger partial charge in [0.05, 0.1) is 12.3 Å². The third kappa shape index (κ3) is 3.60. The summed E-state index contributed by atoms with van der Waals surface area (Å²) in [5.41, 5.74) is 1.40. The highest BCUT2D eigenvalue weighted by atomic mass is 32.1. The van der Waals surface area contributed by atoms with Gasteiger partial charge in [-0.3, -0.25) is 4.79 Å². The summed E-state index contributed by atoms with van der Waals surface area (Å²) in [5, 5.41) is 20.9. The molecule has 1 aliphatic heterocycles. The summed E-state index contributed by atoms with van der Waals surface area (Å²) in [5.74, 6) is -0.268. The Morgan fingerprint density at radius 1 is 1.43 bits per heavy atom. The Morgan fingerprint density at radius 2 is 2.22 bits per heavy atom. The summed E-state index contributed by atoms with van der Waals surface area (Å²) in [6.07, 6.45) is -0.223. The van der Waals surface area contributed by atoms with E-state index >= 15 is 0 Å². The highest BCUT2D eigenvalue weighted by Gasteiger charge is 2.31. The molecular weight excluding hydrogens is 312 g/mol. The predicted molar refractivity (Wildman–Crippen MR) is 89.4 cm³/mol. The van der Waals surface area contributed by atoms with Crippen molar-refractivity contribution in [3.63, 3.8) is 0 Å². The quantitative estimate of drug-likeness (QED) is 0.883. The van der Waals surface area contributed by atoms with Crippen molar-refractivity contribution in [3.05, 3.63) is 58.3 Å². The van der Waals surface area contributed by atoms with Gasteiger partial charge in [-0.2, -0.15) is 11.3 Å². The van der Waals surface area contributed by atoms with E-state index in [4.69, 9.17) is 4.84 Å². The lowest BCUT2D eigenvalue weighted by Gasteiger charge is -2.23. The van der Waals surface area contributed by atoms with Gasteiger partial charge in [0, 0.05) is 6.42 Å². The second-order valence-corrected chi connectivity index (χ2v) is 6.49. The number of aliphatic hydroxyl groups is 1. The largest absolute Gasteiger partial charge is 0.384 e. The average Bonchev–Trinajstić information content (AvgIpc) is 3.25. The van der Waals surface area contributed by atoms with E-state index in [2.05, 4.69) is 10.5 Å². The second kappa shape index (κ2) is 6.52. The molecule has 0 bridgehead atoms. The van der Waals surface area contributed by atoms with E-state index in [0.29, 0.717) is 6.42 Å². The van der Waals surface area contributed by atoms with Crippen molar-refractivity contribution in [2.45, 2.75) is 25.0 Å². The van der Waals surface area contributed by atoms with Gasteiger partial charge in [0.25, 0.3) is 5.91 Å². The van der Waals surface area contributed by atoms with Crippen LogP contribution in [0.15, 0.2) is 52.3 Å². The number of thiophene rings is 1. The Hall–Kier alpha value is -2.18. The molecule has 0 saturated heterocycles. The first-order valence-corrected chi connectivity index (χ1v) is 8.31. The van der Waals surface area contributed by atoms with Gasteiger partial charge in [0.1, 0.15) is 5.60 Å². The van der Waals surface area contributed by atoms with Crippen LogP contribution in [0, 0.1) is 0 Å². The molecule has 2 atom stereocenters. The van der Waals surface area contributed by atoms with E-state index in [0.717, 1.165) is 16.8 Å². The maximum atomic E-state index is 12.2. The van der Waals surface area contributed by atoms with Crippen molar-refractivity contribution in [2.24, 2.45) is 5.16 Å². The number of nitrogens with zero attached hydrogens (tertiary/aromatic N) is 1. The van der Waals surface area contributed by atoms with Gasteiger partial charge in [-0.15, -0.1) is 0 Å². The summed E-state index contributed by atoms with van der Waals surface area (Å²) >= 11 is 1.51. The molecule has 5 nitrogen and oxygen atoms in total. The molecule has 3 rings (SSSR count). The first-order chi connectivity index (χ1) is 11.1. The molecule has 120 valence electrons. The third-order valence-electron chi connectivity index (χ3n) is 3.82.